The molecular weight excluding hydrogens is 218 g/mol. The zero-order valence-corrected chi connectivity index (χ0v) is 10.4. The summed E-state index contributed by atoms with van der Waals surface area (Å²) in [6.45, 7) is 4.63. The molecule has 1 fully saturated rings. The summed E-state index contributed by atoms with van der Waals surface area (Å²) in [7, 11) is 0. The molecule has 0 aromatic carbocycles. The average molecular weight is 237 g/mol. The minimum Gasteiger partial charge on any atom is -0.464 e. The number of rotatable bonds is 4. The SMILES string of the molecule is C/C=C/C=C/C(=O)N1CCCC1C(=O)OCC. The molecule has 0 radical (unpaired) electrons. The third-order valence-corrected chi connectivity index (χ3v) is 2.64. The third-order valence-electron chi connectivity index (χ3n) is 2.64. The molecule has 0 saturated carbocycles. The first-order chi connectivity index (χ1) is 8.20. The number of ether oxygens (including phenoxy) is 1. The van der Waals surface area contributed by atoms with E-state index in [-0.39, 0.29) is 11.9 Å². The van der Waals surface area contributed by atoms with E-state index in [4.69, 9.17) is 4.74 Å². The Balaban J connectivity index is 2.62. The number of carbonyl (C=O) groups excluding carboxylic acids is 2. The molecule has 1 aliphatic heterocycles. The molecule has 4 heteroatoms. The van der Waals surface area contributed by atoms with Crippen molar-refractivity contribution in [1.29, 1.82) is 0 Å². The van der Waals surface area contributed by atoms with Crippen LogP contribution in [0, 0.1) is 0 Å². The van der Waals surface area contributed by atoms with Crippen LogP contribution in [0.2, 0.25) is 0 Å². The highest BCUT2D eigenvalue weighted by Crippen LogP contribution is 2.18. The summed E-state index contributed by atoms with van der Waals surface area (Å²) in [6.07, 6.45) is 8.35. The van der Waals surface area contributed by atoms with E-state index in [1.54, 1.807) is 24.0 Å². The third kappa shape index (κ3) is 3.73. The summed E-state index contributed by atoms with van der Waals surface area (Å²) in [5.41, 5.74) is 0. The molecule has 4 nitrogen and oxygen atoms in total. The Morgan fingerprint density at radius 3 is 2.82 bits per heavy atom. The van der Waals surface area contributed by atoms with E-state index < -0.39 is 6.04 Å². The molecule has 0 aromatic rings. The van der Waals surface area contributed by atoms with Gasteiger partial charge in [0.15, 0.2) is 0 Å². The lowest BCUT2D eigenvalue weighted by molar-refractivity contribution is -0.151. The molecule has 1 unspecified atom stereocenters. The molecule has 1 heterocycles. The highest BCUT2D eigenvalue weighted by atomic mass is 16.5. The molecule has 0 N–H and O–H groups in total. The van der Waals surface area contributed by atoms with Crippen LogP contribution in [-0.4, -0.2) is 36.0 Å². The molecule has 1 amide bonds. The van der Waals surface area contributed by atoms with Crippen molar-refractivity contribution in [2.45, 2.75) is 32.7 Å². The van der Waals surface area contributed by atoms with Crippen molar-refractivity contribution in [3.63, 3.8) is 0 Å². The largest absolute Gasteiger partial charge is 0.464 e. The van der Waals surface area contributed by atoms with E-state index in [9.17, 15) is 9.59 Å². The van der Waals surface area contributed by atoms with Gasteiger partial charge in [-0.2, -0.15) is 0 Å². The predicted molar refractivity (Wildman–Crippen MR) is 65.3 cm³/mol. The smallest absolute Gasteiger partial charge is 0.328 e. The second-order valence-corrected chi connectivity index (χ2v) is 3.83. The number of hydrogen-bond acceptors (Lipinski definition) is 3. The normalized spacial score (nSPS) is 20.4. The van der Waals surface area contributed by atoms with E-state index in [0.717, 1.165) is 6.42 Å². The minimum atomic E-state index is -0.405. The molecular formula is C13H19NO3. The number of carbonyl (C=O) groups is 2. The molecule has 1 saturated heterocycles. The van der Waals surface area contributed by atoms with Crippen LogP contribution in [0.5, 0.6) is 0 Å². The first-order valence-corrected chi connectivity index (χ1v) is 5.97. The second kappa shape index (κ2) is 6.89. The van der Waals surface area contributed by atoms with Crippen LogP contribution in [0.15, 0.2) is 24.3 Å². The Labute approximate surface area is 102 Å². The van der Waals surface area contributed by atoms with Gasteiger partial charge < -0.3 is 9.64 Å². The van der Waals surface area contributed by atoms with E-state index >= 15 is 0 Å². The maximum Gasteiger partial charge on any atom is 0.328 e. The molecule has 1 atom stereocenters. The average Bonchev–Trinajstić information content (AvgIpc) is 2.78. The number of amides is 1. The van der Waals surface area contributed by atoms with Crippen molar-refractivity contribution in [2.24, 2.45) is 0 Å². The molecule has 0 bridgehead atoms. The Morgan fingerprint density at radius 2 is 2.18 bits per heavy atom. The quantitative estimate of drug-likeness (QED) is 0.424. The maximum atomic E-state index is 11.8. The highest BCUT2D eigenvalue weighted by molar-refractivity contribution is 5.92. The Kier molecular flexibility index (Phi) is 5.46. The monoisotopic (exact) mass is 237 g/mol. The molecule has 94 valence electrons. The number of esters is 1. The van der Waals surface area contributed by atoms with Gasteiger partial charge in [0, 0.05) is 12.6 Å². The van der Waals surface area contributed by atoms with Gasteiger partial charge in [0.25, 0.3) is 0 Å². The highest BCUT2D eigenvalue weighted by Gasteiger charge is 2.33. The lowest BCUT2D eigenvalue weighted by Crippen LogP contribution is -2.40. The summed E-state index contributed by atoms with van der Waals surface area (Å²) < 4.78 is 4.96. The van der Waals surface area contributed by atoms with Crippen LogP contribution in [0.3, 0.4) is 0 Å². The number of nitrogens with zero attached hydrogens (tertiary/aromatic N) is 1. The van der Waals surface area contributed by atoms with Gasteiger partial charge in [0.2, 0.25) is 5.91 Å². The van der Waals surface area contributed by atoms with E-state index in [1.165, 1.54) is 6.08 Å². The first-order valence-electron chi connectivity index (χ1n) is 5.97. The zero-order valence-electron chi connectivity index (χ0n) is 10.4. The van der Waals surface area contributed by atoms with Gasteiger partial charge in [-0.15, -0.1) is 0 Å². The lowest BCUT2D eigenvalue weighted by atomic mass is 10.2. The van der Waals surface area contributed by atoms with Gasteiger partial charge in [-0.1, -0.05) is 18.2 Å². The lowest BCUT2D eigenvalue weighted by Gasteiger charge is -2.21. The number of allylic oxidation sites excluding steroid dienone is 3. The van der Waals surface area contributed by atoms with E-state index in [1.807, 2.05) is 13.0 Å². The number of hydrogen-bond donors (Lipinski definition) is 0. The van der Waals surface area contributed by atoms with Crippen molar-refractivity contribution in [1.82, 2.24) is 4.90 Å². The van der Waals surface area contributed by atoms with E-state index in [2.05, 4.69) is 0 Å². The predicted octanol–water partition coefficient (Wildman–Crippen LogP) is 1.67. The van der Waals surface area contributed by atoms with Crippen LogP contribution in [0.25, 0.3) is 0 Å². The molecule has 1 rings (SSSR count). The molecule has 1 aliphatic rings. The van der Waals surface area contributed by atoms with Crippen LogP contribution < -0.4 is 0 Å². The maximum absolute atomic E-state index is 11.8. The van der Waals surface area contributed by atoms with Crippen LogP contribution in [0.1, 0.15) is 26.7 Å². The van der Waals surface area contributed by atoms with Crippen molar-refractivity contribution in [3.8, 4) is 0 Å². The Hall–Kier alpha value is -1.58. The van der Waals surface area contributed by atoms with Gasteiger partial charge in [-0.05, 0) is 26.7 Å². The van der Waals surface area contributed by atoms with E-state index in [0.29, 0.717) is 19.6 Å². The standard InChI is InChI=1S/C13H19NO3/c1-3-5-6-9-12(15)14-10-7-8-11(14)13(16)17-4-2/h3,5-6,9,11H,4,7-8,10H2,1-2H3/b5-3+,9-6+. The van der Waals surface area contributed by atoms with Crippen LogP contribution in [-0.2, 0) is 14.3 Å². The molecule has 17 heavy (non-hydrogen) atoms. The number of likely N-dealkylation sites (tertiary alicyclic amines) is 1. The molecule has 0 spiro atoms. The summed E-state index contributed by atoms with van der Waals surface area (Å²) in [5, 5.41) is 0. The zero-order chi connectivity index (χ0) is 12.7. The Bertz CT molecular complexity index is 334. The van der Waals surface area contributed by atoms with Gasteiger partial charge >= 0.3 is 5.97 Å². The topological polar surface area (TPSA) is 46.6 Å². The van der Waals surface area contributed by atoms with Crippen molar-refractivity contribution in [3.05, 3.63) is 24.3 Å². The minimum absolute atomic E-state index is 0.126. The van der Waals surface area contributed by atoms with Crippen molar-refractivity contribution in [2.75, 3.05) is 13.2 Å². The fourth-order valence-electron chi connectivity index (χ4n) is 1.86. The van der Waals surface area contributed by atoms with Crippen molar-refractivity contribution >= 4 is 11.9 Å². The van der Waals surface area contributed by atoms with Crippen LogP contribution >= 0.6 is 0 Å². The van der Waals surface area contributed by atoms with Gasteiger partial charge in [0.1, 0.15) is 6.04 Å². The summed E-state index contributed by atoms with van der Waals surface area (Å²) in [4.78, 5) is 25.1. The van der Waals surface area contributed by atoms with Crippen LogP contribution in [0.4, 0.5) is 0 Å². The summed E-state index contributed by atoms with van der Waals surface area (Å²) in [6, 6.07) is -0.405. The van der Waals surface area contributed by atoms with Gasteiger partial charge in [-0.3, -0.25) is 4.79 Å². The fourth-order valence-corrected chi connectivity index (χ4v) is 1.86. The summed E-state index contributed by atoms with van der Waals surface area (Å²) >= 11 is 0. The second-order valence-electron chi connectivity index (χ2n) is 3.83. The Morgan fingerprint density at radius 1 is 1.41 bits per heavy atom. The fraction of sp³-hybridized carbons (Fsp3) is 0.538. The van der Waals surface area contributed by atoms with Gasteiger partial charge in [0.05, 0.1) is 6.61 Å². The molecule has 0 aromatic heterocycles. The first kappa shape index (κ1) is 13.5. The van der Waals surface area contributed by atoms with Crippen molar-refractivity contribution < 1.29 is 14.3 Å². The molecule has 0 aliphatic carbocycles. The van der Waals surface area contributed by atoms with Gasteiger partial charge in [-0.25, -0.2) is 4.79 Å². The summed E-state index contributed by atoms with van der Waals surface area (Å²) in [5.74, 6) is -0.420.